The van der Waals surface area contributed by atoms with Gasteiger partial charge in [-0.25, -0.2) is 15.0 Å². The number of anilines is 1. The summed E-state index contributed by atoms with van der Waals surface area (Å²) in [5, 5.41) is 9.40. The normalized spacial score (nSPS) is 36.1. The molecule has 0 amide bonds. The number of aromatic nitrogens is 4. The first-order valence-electron chi connectivity index (χ1n) is 6.37. The van der Waals surface area contributed by atoms with Gasteiger partial charge in [0.2, 0.25) is 0 Å². The van der Waals surface area contributed by atoms with E-state index in [2.05, 4.69) is 15.0 Å². The minimum atomic E-state index is -3.58. The number of fused-ring (bicyclic) bond motifs is 2. The summed E-state index contributed by atoms with van der Waals surface area (Å²) in [4.78, 5) is 24.0. The number of aliphatic hydroxyl groups excluding tert-OH is 1. The monoisotopic (exact) mass is 367 g/mol. The second kappa shape index (κ2) is 6.26. The van der Waals surface area contributed by atoms with E-state index in [0.29, 0.717) is 11.2 Å². The van der Waals surface area contributed by atoms with Crippen LogP contribution < -0.4 is 40.2 Å². The molecule has 2 aliphatic rings. The quantitative estimate of drug-likeness (QED) is 0.395. The third-order valence-corrected chi connectivity index (χ3v) is 5.15. The van der Waals surface area contributed by atoms with Gasteiger partial charge in [-0.3, -0.25) is 4.57 Å². The Hall–Kier alpha value is -0.200. The molecule has 2 aromatic heterocycles. The fraction of sp³-hybridized carbons (Fsp3) is 0.500. The van der Waals surface area contributed by atoms with Gasteiger partial charge >= 0.3 is 29.6 Å². The van der Waals surface area contributed by atoms with Crippen molar-refractivity contribution in [2.75, 3.05) is 12.3 Å². The van der Waals surface area contributed by atoms with E-state index in [1.807, 2.05) is 0 Å². The van der Waals surface area contributed by atoms with Crippen LogP contribution in [0.3, 0.4) is 0 Å². The summed E-state index contributed by atoms with van der Waals surface area (Å²) in [6, 6.07) is 0. The number of nitrogen functional groups attached to an aromatic ring is 1. The molecule has 2 aromatic rings. The number of nitrogens with zero attached hydrogens (tertiary/aromatic N) is 4. The molecule has 4 rings (SSSR count). The molecule has 2 fully saturated rings. The van der Waals surface area contributed by atoms with E-state index in [4.69, 9.17) is 31.3 Å². The molecule has 0 bridgehead atoms. The molecular weight excluding hydrogens is 356 g/mol. The van der Waals surface area contributed by atoms with Gasteiger partial charge in [0.25, 0.3) is 0 Å². The molecule has 118 valence electrons. The van der Waals surface area contributed by atoms with Gasteiger partial charge < -0.3 is 29.5 Å². The minimum absolute atomic E-state index is 0. The van der Waals surface area contributed by atoms with Crippen LogP contribution >= 0.6 is 6.72 Å². The van der Waals surface area contributed by atoms with Gasteiger partial charge in [0.1, 0.15) is 36.9 Å². The number of rotatable bonds is 2. The van der Waals surface area contributed by atoms with E-state index in [9.17, 15) is 10.00 Å². The number of hydrogen-bond donors (Lipinski definition) is 2. The first-order valence-corrected chi connectivity index (χ1v) is 8.93. The van der Waals surface area contributed by atoms with Crippen LogP contribution in [0.25, 0.3) is 11.2 Å². The van der Waals surface area contributed by atoms with Gasteiger partial charge in [-0.2, -0.15) is 0 Å². The van der Waals surface area contributed by atoms with Gasteiger partial charge in [0, 0.05) is 0 Å². The molecule has 13 heteroatoms. The fourth-order valence-corrected chi connectivity index (χ4v) is 4.42. The predicted molar refractivity (Wildman–Crippen MR) is 74.8 cm³/mol. The summed E-state index contributed by atoms with van der Waals surface area (Å²) in [5.74, 6) is 0.231. The van der Waals surface area contributed by atoms with Crippen molar-refractivity contribution in [3.63, 3.8) is 0 Å². The predicted octanol–water partition coefficient (Wildman–Crippen LogP) is -4.33. The number of hydrogen-bond acceptors (Lipinski definition) is 10. The van der Waals surface area contributed by atoms with Crippen LogP contribution in [0.5, 0.6) is 0 Å². The van der Waals surface area contributed by atoms with Crippen molar-refractivity contribution >= 4 is 35.5 Å². The SMILES string of the molecule is Nc1ncnc2c1ncn2[C@@H]1O[C@H](CO)[C@@H]2OP([O-])(=S)O[C@@H]21.[Na+]. The van der Waals surface area contributed by atoms with Crippen molar-refractivity contribution in [2.24, 2.45) is 0 Å². The topological polar surface area (TPSA) is 141 Å². The second-order valence-electron chi connectivity index (χ2n) is 4.92. The average molecular weight is 367 g/mol. The molecule has 2 aliphatic heterocycles. The third-order valence-electron chi connectivity index (χ3n) is 3.63. The Labute approximate surface area is 157 Å². The van der Waals surface area contributed by atoms with Gasteiger partial charge in [0.05, 0.1) is 12.9 Å². The summed E-state index contributed by atoms with van der Waals surface area (Å²) in [6.07, 6.45) is -0.113. The van der Waals surface area contributed by atoms with Crippen molar-refractivity contribution in [1.29, 1.82) is 0 Å². The maximum absolute atomic E-state index is 11.9. The summed E-state index contributed by atoms with van der Waals surface area (Å²) >= 11 is 4.77. The largest absolute Gasteiger partial charge is 1.00 e. The van der Waals surface area contributed by atoms with E-state index >= 15 is 0 Å². The molecule has 0 aliphatic carbocycles. The Bertz CT molecular complexity index is 792. The molecule has 0 spiro atoms. The van der Waals surface area contributed by atoms with Crippen LogP contribution in [0.15, 0.2) is 12.7 Å². The van der Waals surface area contributed by atoms with Crippen LogP contribution in [0.2, 0.25) is 0 Å². The molecule has 1 unspecified atom stereocenters. The Kier molecular flexibility index (Phi) is 4.80. The van der Waals surface area contributed by atoms with Crippen molar-refractivity contribution in [2.45, 2.75) is 24.5 Å². The Balaban J connectivity index is 0.00000156. The first kappa shape index (κ1) is 17.6. The smallest absolute Gasteiger partial charge is 0.780 e. The molecule has 0 aromatic carbocycles. The molecule has 2 saturated heterocycles. The standard InChI is InChI=1S/C10H12N5O5PS.Na/c11-8-5-9(13-2-12-8)15(3-14-5)10-7-6(4(1-16)18-10)19-21(17,22)20-7;/h2-4,6-7,10,16H,1H2,(H,17,22)(H2,11,12,13);/q;+1/p-1/t4-,6+,7+,10-,21?;/m1./s1. The van der Waals surface area contributed by atoms with Crippen LogP contribution in [-0.4, -0.2) is 49.5 Å². The molecule has 5 atom stereocenters. The van der Waals surface area contributed by atoms with Crippen molar-refractivity contribution in [3.8, 4) is 0 Å². The average Bonchev–Trinajstić information content (AvgIpc) is 3.10. The van der Waals surface area contributed by atoms with Crippen LogP contribution in [-0.2, 0) is 25.6 Å². The molecule has 0 saturated carbocycles. The van der Waals surface area contributed by atoms with Gasteiger partial charge in [-0.05, 0) is 0 Å². The summed E-state index contributed by atoms with van der Waals surface area (Å²) in [7, 11) is 0. The Morgan fingerprint density at radius 2 is 2.09 bits per heavy atom. The van der Waals surface area contributed by atoms with Gasteiger partial charge in [0.15, 0.2) is 17.7 Å². The maximum atomic E-state index is 11.9. The number of nitrogens with two attached hydrogens (primary N) is 1. The first-order chi connectivity index (χ1) is 10.5. The van der Waals surface area contributed by atoms with Crippen molar-refractivity contribution in [1.82, 2.24) is 19.5 Å². The van der Waals surface area contributed by atoms with E-state index in [-0.39, 0.29) is 42.0 Å². The Morgan fingerprint density at radius 1 is 1.35 bits per heavy atom. The van der Waals surface area contributed by atoms with Crippen molar-refractivity contribution < 1.29 is 53.3 Å². The zero-order valence-corrected chi connectivity index (χ0v) is 15.7. The number of aliphatic hydroxyl groups is 1. The van der Waals surface area contributed by atoms with Crippen LogP contribution in [0.1, 0.15) is 6.23 Å². The summed E-state index contributed by atoms with van der Waals surface area (Å²) in [6.45, 7) is -3.90. The Morgan fingerprint density at radius 3 is 2.83 bits per heavy atom. The van der Waals surface area contributed by atoms with Crippen molar-refractivity contribution in [3.05, 3.63) is 12.7 Å². The maximum Gasteiger partial charge on any atom is 1.00 e. The molecule has 0 radical (unpaired) electrons. The summed E-state index contributed by atoms with van der Waals surface area (Å²) < 4.78 is 17.8. The summed E-state index contributed by atoms with van der Waals surface area (Å²) in [5.41, 5.74) is 6.59. The van der Waals surface area contributed by atoms with Gasteiger partial charge in [-0.15, -0.1) is 0 Å². The molecule has 4 heterocycles. The minimum Gasteiger partial charge on any atom is -0.780 e. The molecule has 23 heavy (non-hydrogen) atoms. The number of imidazole rings is 1. The number of ether oxygens (including phenoxy) is 1. The van der Waals surface area contributed by atoms with Crippen LogP contribution in [0.4, 0.5) is 5.82 Å². The third kappa shape index (κ3) is 2.85. The van der Waals surface area contributed by atoms with E-state index in [0.717, 1.165) is 0 Å². The molecule has 3 N–H and O–H groups in total. The zero-order chi connectivity index (χ0) is 15.5. The van der Waals surface area contributed by atoms with E-state index < -0.39 is 31.3 Å². The van der Waals surface area contributed by atoms with Gasteiger partial charge in [-0.1, -0.05) is 11.8 Å². The second-order valence-corrected chi connectivity index (χ2v) is 7.58. The fourth-order valence-electron chi connectivity index (χ4n) is 2.70. The molecule has 10 nitrogen and oxygen atoms in total. The van der Waals surface area contributed by atoms with E-state index in [1.165, 1.54) is 12.7 Å². The van der Waals surface area contributed by atoms with E-state index in [1.54, 1.807) is 4.57 Å². The zero-order valence-electron chi connectivity index (χ0n) is 12.0. The molecular formula is C10H11N5NaO5PS. The van der Waals surface area contributed by atoms with Crippen LogP contribution in [0, 0.1) is 0 Å².